The zero-order chi connectivity index (χ0) is 27.9. The lowest BCUT2D eigenvalue weighted by Gasteiger charge is -2.41. The van der Waals surface area contributed by atoms with Gasteiger partial charge in [0.1, 0.15) is 11.5 Å². The van der Waals surface area contributed by atoms with Gasteiger partial charge < -0.3 is 24.6 Å². The van der Waals surface area contributed by atoms with Crippen molar-refractivity contribution in [2.75, 3.05) is 14.2 Å². The molecule has 1 amide bonds. The van der Waals surface area contributed by atoms with Gasteiger partial charge in [-0.15, -0.1) is 0 Å². The number of hydrogen-bond donors (Lipinski definition) is 2. The number of fused-ring (bicyclic) bond motifs is 3. The van der Waals surface area contributed by atoms with Gasteiger partial charge in [0.05, 0.1) is 31.2 Å². The second-order valence-corrected chi connectivity index (χ2v) is 10.5. The molecule has 0 spiro atoms. The number of aromatic nitrogens is 2. The lowest BCUT2D eigenvalue weighted by atomic mass is 9.81. The molecule has 2 aliphatic carbocycles. The Morgan fingerprint density at radius 3 is 2.45 bits per heavy atom. The van der Waals surface area contributed by atoms with E-state index in [1.807, 2.05) is 60.7 Å². The van der Waals surface area contributed by atoms with Crippen molar-refractivity contribution >= 4 is 22.8 Å². The SMILES string of the molecule is COc1cccc(OC)c1-c1cc(C(=O)NC2(OC(=O)O)CCC3CCC2C3)nn1-c1cccc2ccccc12. The van der Waals surface area contributed by atoms with Gasteiger partial charge in [-0.3, -0.25) is 4.79 Å². The van der Waals surface area contributed by atoms with Gasteiger partial charge in [0.15, 0.2) is 11.4 Å². The fourth-order valence-electron chi connectivity index (χ4n) is 6.47. The number of nitrogens with one attached hydrogen (secondary N) is 1. The average molecular weight is 542 g/mol. The standard InChI is InChI=1S/C31H31N3O6/c1-38-26-11-6-12-27(39-2)28(26)25-18-23(33-34(25)24-10-5-8-20-7-3-4-9-22(20)24)29(35)32-31(40-30(36)37)16-15-19-13-14-21(31)17-19/h3-12,18-19,21H,13-17H2,1-2H3,(H,32,35)(H,36,37). The van der Waals surface area contributed by atoms with Gasteiger partial charge in [-0.05, 0) is 61.3 Å². The first-order valence-corrected chi connectivity index (χ1v) is 13.5. The zero-order valence-corrected chi connectivity index (χ0v) is 22.4. The molecule has 3 atom stereocenters. The molecule has 2 N–H and O–H groups in total. The summed E-state index contributed by atoms with van der Waals surface area (Å²) in [6, 6.07) is 21.0. The Hall–Kier alpha value is -4.53. The topological polar surface area (TPSA) is 112 Å². The van der Waals surface area contributed by atoms with Gasteiger partial charge in [0.2, 0.25) is 0 Å². The minimum Gasteiger partial charge on any atom is -0.496 e. The highest BCUT2D eigenvalue weighted by molar-refractivity contribution is 5.96. The van der Waals surface area contributed by atoms with Crippen molar-refractivity contribution in [3.63, 3.8) is 0 Å². The molecule has 2 aliphatic rings. The first-order chi connectivity index (χ1) is 19.4. The van der Waals surface area contributed by atoms with E-state index >= 15 is 0 Å². The number of benzene rings is 3. The van der Waals surface area contributed by atoms with Crippen LogP contribution in [0, 0.1) is 11.8 Å². The van der Waals surface area contributed by atoms with Crippen molar-refractivity contribution in [3.8, 4) is 28.4 Å². The summed E-state index contributed by atoms with van der Waals surface area (Å²) in [5.74, 6) is 1.09. The molecule has 3 aromatic carbocycles. The number of ether oxygens (including phenoxy) is 3. The lowest BCUT2D eigenvalue weighted by molar-refractivity contribution is -0.0900. The van der Waals surface area contributed by atoms with Gasteiger partial charge in [0.25, 0.3) is 5.91 Å². The zero-order valence-electron chi connectivity index (χ0n) is 22.4. The van der Waals surface area contributed by atoms with E-state index in [9.17, 15) is 14.7 Å². The minimum atomic E-state index is -1.40. The predicted molar refractivity (Wildman–Crippen MR) is 149 cm³/mol. The lowest BCUT2D eigenvalue weighted by Crippen LogP contribution is -2.57. The Bertz CT molecular complexity index is 1570. The third-order valence-electron chi connectivity index (χ3n) is 8.34. The van der Waals surface area contributed by atoms with Gasteiger partial charge in [-0.25, -0.2) is 9.48 Å². The highest BCUT2D eigenvalue weighted by atomic mass is 16.7. The Balaban J connectivity index is 1.50. The maximum absolute atomic E-state index is 13.9. The van der Waals surface area contributed by atoms with Crippen LogP contribution >= 0.6 is 0 Å². The van der Waals surface area contributed by atoms with Gasteiger partial charge in [-0.1, -0.05) is 42.5 Å². The van der Waals surface area contributed by atoms with E-state index in [2.05, 4.69) is 5.32 Å². The normalized spacial score (nSPS) is 21.6. The molecule has 3 unspecified atom stereocenters. The van der Waals surface area contributed by atoms with Crippen LogP contribution in [0.5, 0.6) is 11.5 Å². The van der Waals surface area contributed by atoms with Crippen LogP contribution in [-0.2, 0) is 4.74 Å². The summed E-state index contributed by atoms with van der Waals surface area (Å²) in [6.07, 6.45) is 2.51. The van der Waals surface area contributed by atoms with E-state index in [-0.39, 0.29) is 11.6 Å². The smallest absolute Gasteiger partial charge is 0.496 e. The molecule has 1 heterocycles. The molecular formula is C31H31N3O6. The molecule has 2 bridgehead atoms. The molecule has 206 valence electrons. The van der Waals surface area contributed by atoms with Gasteiger partial charge >= 0.3 is 6.16 Å². The fraction of sp³-hybridized carbons (Fsp3) is 0.323. The molecule has 0 saturated heterocycles. The Kier molecular flexibility index (Phi) is 6.57. The van der Waals surface area contributed by atoms with Crippen LogP contribution in [0.4, 0.5) is 4.79 Å². The van der Waals surface area contributed by atoms with Gasteiger partial charge in [0, 0.05) is 17.7 Å². The summed E-state index contributed by atoms with van der Waals surface area (Å²) >= 11 is 0. The van der Waals surface area contributed by atoms with Crippen molar-refractivity contribution in [1.29, 1.82) is 0 Å². The monoisotopic (exact) mass is 541 g/mol. The molecule has 4 aromatic rings. The van der Waals surface area contributed by atoms with Crippen molar-refractivity contribution in [1.82, 2.24) is 15.1 Å². The van der Waals surface area contributed by atoms with Crippen molar-refractivity contribution in [2.24, 2.45) is 11.8 Å². The summed E-state index contributed by atoms with van der Waals surface area (Å²) in [5, 5.41) is 19.3. The molecule has 0 aliphatic heterocycles. The number of carboxylic acid groups (broad SMARTS) is 1. The Labute approximate surface area is 231 Å². The highest BCUT2D eigenvalue weighted by Crippen LogP contribution is 2.48. The fourth-order valence-corrected chi connectivity index (χ4v) is 6.47. The summed E-state index contributed by atoms with van der Waals surface area (Å²) in [5.41, 5.74) is 0.854. The maximum atomic E-state index is 13.9. The van der Waals surface area contributed by atoms with Crippen LogP contribution in [0.1, 0.15) is 42.6 Å². The van der Waals surface area contributed by atoms with E-state index < -0.39 is 17.8 Å². The Morgan fingerprint density at radius 2 is 1.70 bits per heavy atom. The Morgan fingerprint density at radius 1 is 0.975 bits per heavy atom. The van der Waals surface area contributed by atoms with E-state index in [1.54, 1.807) is 25.0 Å². The number of methoxy groups -OCH3 is 2. The van der Waals surface area contributed by atoms with Crippen LogP contribution in [0.15, 0.2) is 66.7 Å². The number of rotatable bonds is 7. The van der Waals surface area contributed by atoms with E-state index in [4.69, 9.17) is 19.3 Å². The molecule has 0 radical (unpaired) electrons. The third kappa shape index (κ3) is 4.41. The quantitative estimate of drug-likeness (QED) is 0.217. The molecule has 40 heavy (non-hydrogen) atoms. The molecule has 1 aromatic heterocycles. The van der Waals surface area contributed by atoms with Crippen LogP contribution in [0.25, 0.3) is 27.7 Å². The number of carbonyl (C=O) groups excluding carboxylic acids is 1. The third-order valence-corrected chi connectivity index (χ3v) is 8.34. The molecule has 2 fully saturated rings. The average Bonchev–Trinajstić information content (AvgIpc) is 3.60. The number of nitrogens with zero attached hydrogens (tertiary/aromatic N) is 2. The molecule has 9 heteroatoms. The summed E-state index contributed by atoms with van der Waals surface area (Å²) in [7, 11) is 3.16. The van der Waals surface area contributed by atoms with Crippen molar-refractivity contribution < 1.29 is 28.9 Å². The molecule has 6 rings (SSSR count). The number of amides is 1. The number of hydrogen-bond acceptors (Lipinski definition) is 6. The predicted octanol–water partition coefficient (Wildman–Crippen LogP) is 6.04. The van der Waals surface area contributed by atoms with Crippen LogP contribution in [-0.4, -0.2) is 46.9 Å². The maximum Gasteiger partial charge on any atom is 0.507 e. The number of carbonyl (C=O) groups is 2. The summed E-state index contributed by atoms with van der Waals surface area (Å²) in [4.78, 5) is 25.6. The summed E-state index contributed by atoms with van der Waals surface area (Å²) in [6.45, 7) is 0. The highest BCUT2D eigenvalue weighted by Gasteiger charge is 2.51. The second-order valence-electron chi connectivity index (χ2n) is 10.5. The first-order valence-electron chi connectivity index (χ1n) is 13.5. The van der Waals surface area contributed by atoms with Crippen LogP contribution in [0.3, 0.4) is 0 Å². The van der Waals surface area contributed by atoms with Crippen LogP contribution < -0.4 is 14.8 Å². The molecule has 2 saturated carbocycles. The second kappa shape index (κ2) is 10.2. The largest absolute Gasteiger partial charge is 0.507 e. The van der Waals surface area contributed by atoms with E-state index in [0.29, 0.717) is 35.1 Å². The first kappa shape index (κ1) is 25.7. The van der Waals surface area contributed by atoms with E-state index in [1.165, 1.54) is 0 Å². The van der Waals surface area contributed by atoms with Crippen molar-refractivity contribution in [3.05, 3.63) is 72.4 Å². The van der Waals surface area contributed by atoms with Crippen LogP contribution in [0.2, 0.25) is 0 Å². The summed E-state index contributed by atoms with van der Waals surface area (Å²) < 4.78 is 18.6. The van der Waals surface area contributed by atoms with Crippen molar-refractivity contribution in [2.45, 2.75) is 37.8 Å². The van der Waals surface area contributed by atoms with Gasteiger partial charge in [-0.2, -0.15) is 5.10 Å². The molecule has 9 nitrogen and oxygen atoms in total. The molecular weight excluding hydrogens is 510 g/mol. The van der Waals surface area contributed by atoms with E-state index in [0.717, 1.165) is 42.1 Å². The minimum absolute atomic E-state index is 0.0692.